The van der Waals surface area contributed by atoms with Crippen LogP contribution < -0.4 is 4.72 Å². The van der Waals surface area contributed by atoms with Crippen LogP contribution in [0, 0.1) is 23.1 Å². The Balaban J connectivity index is 1.31. The van der Waals surface area contributed by atoms with Crippen molar-refractivity contribution in [2.24, 2.45) is 17.3 Å². The van der Waals surface area contributed by atoms with Crippen LogP contribution in [-0.4, -0.2) is 77.4 Å². The number of amides is 3. The minimum atomic E-state index is -4.05. The van der Waals surface area contributed by atoms with Crippen molar-refractivity contribution >= 4 is 39.7 Å². The molecule has 3 heterocycles. The number of nitrogens with zero attached hydrogens (tertiary/aromatic N) is 2. The van der Waals surface area contributed by atoms with Gasteiger partial charge in [-0.25, -0.2) is 17.6 Å². The molecule has 1 saturated heterocycles. The summed E-state index contributed by atoms with van der Waals surface area (Å²) < 4.78 is 87.9. The summed E-state index contributed by atoms with van der Waals surface area (Å²) in [6.45, 7) is 4.75. The maximum Gasteiger partial charge on any atom is 0.410 e. The number of hydrogen-bond donors (Lipinski definition) is 1. The molecular formula is C37H48FN3O9S. The molecule has 0 aromatic heterocycles. The third-order valence-corrected chi connectivity index (χ3v) is 12.0. The molecule has 0 bridgehead atoms. The Labute approximate surface area is 304 Å². The quantitative estimate of drug-likeness (QED) is 0.324. The number of carbonyl (C=O) groups is 5. The average molecular weight is 734 g/mol. The molecule has 2 aliphatic carbocycles. The Hall–Kier alpha value is -3.81. The zero-order valence-corrected chi connectivity index (χ0v) is 29.9. The van der Waals surface area contributed by atoms with Gasteiger partial charge in [0.05, 0.1) is 36.2 Å². The Morgan fingerprint density at radius 2 is 1.88 bits per heavy atom. The highest BCUT2D eigenvalue weighted by Crippen LogP contribution is 2.57. The number of benzene rings is 1. The number of nitrogens with one attached hydrogen (secondary N) is 1. The van der Waals surface area contributed by atoms with Crippen LogP contribution in [0.2, 0.25) is 0 Å². The molecule has 5 atom stereocenters. The van der Waals surface area contributed by atoms with Gasteiger partial charge in [0.25, 0.3) is 0 Å². The van der Waals surface area contributed by atoms with Gasteiger partial charge in [0.2, 0.25) is 21.8 Å². The fourth-order valence-corrected chi connectivity index (χ4v) is 8.66. The van der Waals surface area contributed by atoms with Crippen molar-refractivity contribution in [3.63, 3.8) is 0 Å². The largest absolute Gasteiger partial charge is 0.460 e. The summed E-state index contributed by atoms with van der Waals surface area (Å²) in [6, 6.07) is 3.27. The Morgan fingerprint density at radius 1 is 1.12 bits per heavy atom. The number of hydrogen-bond acceptors (Lipinski definition) is 9. The van der Waals surface area contributed by atoms with Crippen molar-refractivity contribution in [1.82, 2.24) is 14.5 Å². The van der Waals surface area contributed by atoms with E-state index in [1.165, 1.54) is 28.0 Å². The maximum atomic E-state index is 14.5. The van der Waals surface area contributed by atoms with Gasteiger partial charge in [0.15, 0.2) is 5.78 Å². The minimum Gasteiger partial charge on any atom is -0.460 e. The summed E-state index contributed by atoms with van der Waals surface area (Å²) >= 11 is 0. The Bertz CT molecular complexity index is 1900. The van der Waals surface area contributed by atoms with E-state index in [2.05, 4.69) is 4.72 Å². The maximum absolute atomic E-state index is 14.5. The van der Waals surface area contributed by atoms with Gasteiger partial charge < -0.3 is 14.4 Å². The van der Waals surface area contributed by atoms with Crippen LogP contribution in [0.25, 0.3) is 0 Å². The predicted octanol–water partition coefficient (Wildman–Crippen LogP) is 4.69. The third-order valence-electron chi connectivity index (χ3n) is 10.2. The van der Waals surface area contributed by atoms with E-state index < -0.39 is 111 Å². The second-order valence-electron chi connectivity index (χ2n) is 15.3. The van der Waals surface area contributed by atoms with Gasteiger partial charge in [-0.2, -0.15) is 0 Å². The summed E-state index contributed by atoms with van der Waals surface area (Å²) in [5.41, 5.74) is -1.56. The highest BCUT2D eigenvalue weighted by molar-refractivity contribution is 7.90. The molecule has 51 heavy (non-hydrogen) atoms. The molecule has 1 aromatic carbocycles. The summed E-state index contributed by atoms with van der Waals surface area (Å²) in [5, 5.41) is -0.750. The van der Waals surface area contributed by atoms with Gasteiger partial charge >= 0.3 is 12.1 Å². The van der Waals surface area contributed by atoms with Crippen LogP contribution in [0.4, 0.5) is 9.18 Å². The first-order valence-electron chi connectivity index (χ1n) is 19.5. The van der Waals surface area contributed by atoms with Gasteiger partial charge in [-0.1, -0.05) is 37.1 Å². The molecule has 0 spiro atoms. The molecule has 1 aromatic rings. The van der Waals surface area contributed by atoms with Crippen LogP contribution in [0.1, 0.15) is 108 Å². The number of ether oxygens (including phenoxy) is 2. The molecule has 2 saturated carbocycles. The standard InChI is InChI=1S/C37H48FN3O9S/c1-36(2,3)50-32(43)16-23-10-7-5-4-6-8-12-25-18-37(25,34(45)39-51(47,48)27-14-15-27)19-31(42)30-17-26(21-41(30)33(23)44)49-35(46)40-20-24-11-9-13-29(38)28(24)22-40/h8-9,11-13,23,25-27,30H,4-7,10,14-22H2,1-3H3,(H,39,45)/b12-8-/t23-,25+,26?,30+,37-/m1/s1/i4D2,6D2. The molecule has 12 nitrogen and oxygen atoms in total. The second-order valence-corrected chi connectivity index (χ2v) is 17.3. The highest BCUT2D eigenvalue weighted by atomic mass is 32.2. The lowest BCUT2D eigenvalue weighted by Crippen LogP contribution is -2.46. The number of fused-ring (bicyclic) bond motifs is 3. The minimum absolute atomic E-state index is 0.0225. The van der Waals surface area contributed by atoms with E-state index in [1.54, 1.807) is 26.8 Å². The normalized spacial score (nSPS) is 32.3. The zero-order valence-electron chi connectivity index (χ0n) is 33.1. The fraction of sp³-hybridized carbons (Fsp3) is 0.649. The van der Waals surface area contributed by atoms with Crippen molar-refractivity contribution in [3.8, 4) is 0 Å². The topological polar surface area (TPSA) is 156 Å². The highest BCUT2D eigenvalue weighted by Gasteiger charge is 2.61. The van der Waals surface area contributed by atoms with Crippen LogP contribution in [-0.2, 0) is 51.8 Å². The number of halogens is 1. The van der Waals surface area contributed by atoms with Crippen molar-refractivity contribution in [2.45, 2.75) is 127 Å². The molecule has 3 aliphatic heterocycles. The molecule has 1 N–H and O–H groups in total. The van der Waals surface area contributed by atoms with E-state index in [0.29, 0.717) is 24.0 Å². The van der Waals surface area contributed by atoms with Crippen molar-refractivity contribution in [2.75, 3.05) is 6.54 Å². The summed E-state index contributed by atoms with van der Waals surface area (Å²) in [6.07, 6.45) is -5.37. The van der Waals surface area contributed by atoms with Crippen LogP contribution >= 0.6 is 0 Å². The van der Waals surface area contributed by atoms with Gasteiger partial charge in [0.1, 0.15) is 17.5 Å². The number of Topliss-reactive ketones (excluding diaryl/α,β-unsaturated/α-hetero) is 1. The first kappa shape index (κ1) is 31.9. The van der Waals surface area contributed by atoms with Crippen LogP contribution in [0.5, 0.6) is 0 Å². The lowest BCUT2D eigenvalue weighted by Gasteiger charge is -2.29. The number of sulfonamides is 1. The molecule has 278 valence electrons. The number of esters is 1. The van der Waals surface area contributed by atoms with Gasteiger partial charge in [-0.3, -0.25) is 28.8 Å². The number of carbonyl (C=O) groups excluding carboxylic acids is 5. The monoisotopic (exact) mass is 733 g/mol. The summed E-state index contributed by atoms with van der Waals surface area (Å²) in [7, 11) is -4.05. The van der Waals surface area contributed by atoms with Gasteiger partial charge in [0, 0.05) is 36.4 Å². The number of ketones is 1. The lowest BCUT2D eigenvalue weighted by atomic mass is 9.90. The van der Waals surface area contributed by atoms with Gasteiger partial charge in [-0.15, -0.1) is 0 Å². The molecule has 14 heteroatoms. The van der Waals surface area contributed by atoms with E-state index in [-0.39, 0.29) is 51.7 Å². The molecule has 5 aliphatic rings. The average Bonchev–Trinajstić information content (AvgIpc) is 3.96. The predicted molar refractivity (Wildman–Crippen MR) is 182 cm³/mol. The summed E-state index contributed by atoms with van der Waals surface area (Å²) in [4.78, 5) is 71.6. The van der Waals surface area contributed by atoms with E-state index in [0.717, 1.165) is 6.08 Å². The third kappa shape index (κ3) is 8.47. The first-order chi connectivity index (χ1) is 25.5. The molecule has 1 unspecified atom stereocenters. The van der Waals surface area contributed by atoms with Crippen molar-refractivity contribution < 1.29 is 51.7 Å². The SMILES string of the molecule is [2H]C1([2H])/C=C\[C@H]2C[C@@]2(C(=O)NS(=O)(=O)C2CC2)CC(=O)[C@@H]2CC(OC(=O)N3Cc4cccc(F)c4C3)CN2C(=O)[C@@H](CC(=O)OC(C)(C)C)CCCC1([2H])[2H]. The van der Waals surface area contributed by atoms with E-state index in [9.17, 15) is 36.8 Å². The molecule has 3 amide bonds. The van der Waals surface area contributed by atoms with Crippen molar-refractivity contribution in [1.29, 1.82) is 0 Å². The van der Waals surface area contributed by atoms with E-state index in [4.69, 9.17) is 15.0 Å². The smallest absolute Gasteiger partial charge is 0.410 e. The fourth-order valence-electron chi connectivity index (χ4n) is 7.27. The Kier molecular flexibility index (Phi) is 8.95. The Morgan fingerprint density at radius 3 is 2.59 bits per heavy atom. The zero-order chi connectivity index (χ0) is 40.3. The number of allylic oxidation sites excluding steroid dienone is 2. The molecule has 6 rings (SSSR count). The number of rotatable bonds is 6. The van der Waals surface area contributed by atoms with Crippen LogP contribution in [0.15, 0.2) is 30.4 Å². The van der Waals surface area contributed by atoms with E-state index in [1.807, 2.05) is 0 Å². The molecule has 0 radical (unpaired) electrons. The van der Waals surface area contributed by atoms with E-state index >= 15 is 0 Å². The first-order valence-corrected chi connectivity index (χ1v) is 19.1. The molecular weight excluding hydrogens is 681 g/mol. The lowest BCUT2D eigenvalue weighted by molar-refractivity contribution is -0.159. The van der Waals surface area contributed by atoms with Crippen molar-refractivity contribution in [3.05, 3.63) is 47.3 Å². The molecule has 3 fully saturated rings. The van der Waals surface area contributed by atoms with Gasteiger partial charge in [-0.05, 0) is 76.7 Å². The summed E-state index contributed by atoms with van der Waals surface area (Å²) in [5.74, 6) is -5.38. The van der Waals surface area contributed by atoms with Crippen LogP contribution in [0.3, 0.4) is 0 Å². The second kappa shape index (κ2) is 14.3.